The summed E-state index contributed by atoms with van der Waals surface area (Å²) in [7, 11) is 3.86. The highest BCUT2D eigenvalue weighted by Crippen LogP contribution is 2.34. The third-order valence-corrected chi connectivity index (χ3v) is 4.11. The van der Waals surface area contributed by atoms with Crippen LogP contribution in [0.4, 0.5) is 5.69 Å². The van der Waals surface area contributed by atoms with Crippen LogP contribution in [0.3, 0.4) is 0 Å². The van der Waals surface area contributed by atoms with E-state index in [-0.39, 0.29) is 12.7 Å². The molecule has 1 aliphatic heterocycles. The van der Waals surface area contributed by atoms with E-state index in [4.69, 9.17) is 9.47 Å². The largest absolute Gasteiger partial charge is 0.454 e. The zero-order valence-corrected chi connectivity index (χ0v) is 14.4. The van der Waals surface area contributed by atoms with Crippen LogP contribution in [0, 0.1) is 0 Å². The first kappa shape index (κ1) is 17.1. The SMILES string of the molecule is CN(C)c1cccc(C(=O)NCC[C@@H](O)c2ccc3c(c2)OCO3)c1. The van der Waals surface area contributed by atoms with Crippen molar-refractivity contribution >= 4 is 11.6 Å². The summed E-state index contributed by atoms with van der Waals surface area (Å²) >= 11 is 0. The molecule has 1 aliphatic rings. The number of fused-ring (bicyclic) bond motifs is 1. The van der Waals surface area contributed by atoms with Crippen molar-refractivity contribution in [3.63, 3.8) is 0 Å². The minimum atomic E-state index is -0.678. The molecule has 6 heteroatoms. The Kier molecular flexibility index (Phi) is 5.09. The van der Waals surface area contributed by atoms with E-state index in [1.165, 1.54) is 0 Å². The zero-order chi connectivity index (χ0) is 17.8. The van der Waals surface area contributed by atoms with Crippen LogP contribution in [0.5, 0.6) is 11.5 Å². The van der Waals surface area contributed by atoms with Gasteiger partial charge in [-0.05, 0) is 42.3 Å². The Morgan fingerprint density at radius 3 is 2.80 bits per heavy atom. The molecule has 6 nitrogen and oxygen atoms in total. The Bertz CT molecular complexity index is 761. The second-order valence-corrected chi connectivity index (χ2v) is 6.12. The van der Waals surface area contributed by atoms with Gasteiger partial charge >= 0.3 is 0 Å². The number of nitrogens with zero attached hydrogens (tertiary/aromatic N) is 1. The predicted molar refractivity (Wildman–Crippen MR) is 95.2 cm³/mol. The Balaban J connectivity index is 1.53. The van der Waals surface area contributed by atoms with Crippen LogP contribution in [-0.2, 0) is 0 Å². The number of rotatable bonds is 6. The van der Waals surface area contributed by atoms with Crippen molar-refractivity contribution in [2.45, 2.75) is 12.5 Å². The number of aliphatic hydroxyl groups is 1. The minimum absolute atomic E-state index is 0.151. The van der Waals surface area contributed by atoms with Crippen molar-refractivity contribution in [3.05, 3.63) is 53.6 Å². The lowest BCUT2D eigenvalue weighted by Crippen LogP contribution is -2.26. The van der Waals surface area contributed by atoms with Gasteiger partial charge in [-0.25, -0.2) is 0 Å². The highest BCUT2D eigenvalue weighted by molar-refractivity contribution is 5.95. The van der Waals surface area contributed by atoms with E-state index in [2.05, 4.69) is 5.32 Å². The number of amides is 1. The zero-order valence-electron chi connectivity index (χ0n) is 14.4. The molecular formula is C19H22N2O4. The average Bonchev–Trinajstić information content (AvgIpc) is 3.09. The maximum atomic E-state index is 12.2. The second-order valence-electron chi connectivity index (χ2n) is 6.12. The van der Waals surface area contributed by atoms with Gasteiger partial charge in [-0.15, -0.1) is 0 Å². The molecule has 1 atom stereocenters. The van der Waals surface area contributed by atoms with Crippen molar-refractivity contribution in [1.82, 2.24) is 5.32 Å². The van der Waals surface area contributed by atoms with Gasteiger partial charge < -0.3 is 24.8 Å². The molecule has 0 fully saturated rings. The topological polar surface area (TPSA) is 71.0 Å². The number of carbonyl (C=O) groups excluding carboxylic acids is 1. The molecule has 0 unspecified atom stereocenters. The lowest BCUT2D eigenvalue weighted by Gasteiger charge is -2.14. The lowest BCUT2D eigenvalue weighted by molar-refractivity contribution is 0.0942. The summed E-state index contributed by atoms with van der Waals surface area (Å²) in [5.41, 5.74) is 2.31. The number of hydrogen-bond donors (Lipinski definition) is 2. The molecule has 1 heterocycles. The van der Waals surface area contributed by atoms with Gasteiger partial charge in [-0.3, -0.25) is 4.79 Å². The third-order valence-electron chi connectivity index (χ3n) is 4.11. The van der Waals surface area contributed by atoms with Crippen molar-refractivity contribution < 1.29 is 19.4 Å². The van der Waals surface area contributed by atoms with Crippen molar-refractivity contribution in [1.29, 1.82) is 0 Å². The fourth-order valence-electron chi connectivity index (χ4n) is 2.64. The highest BCUT2D eigenvalue weighted by atomic mass is 16.7. The number of carbonyl (C=O) groups is 1. The van der Waals surface area contributed by atoms with Crippen LogP contribution >= 0.6 is 0 Å². The molecule has 0 radical (unpaired) electrons. The summed E-state index contributed by atoms with van der Waals surface area (Å²) in [6.45, 7) is 0.581. The molecule has 0 aliphatic carbocycles. The molecule has 1 amide bonds. The van der Waals surface area contributed by atoms with E-state index >= 15 is 0 Å². The Hall–Kier alpha value is -2.73. The molecule has 2 aromatic rings. The van der Waals surface area contributed by atoms with E-state index in [1.807, 2.05) is 37.2 Å². The summed E-state index contributed by atoms with van der Waals surface area (Å²) in [6.07, 6.45) is -0.262. The fraction of sp³-hybridized carbons (Fsp3) is 0.316. The molecule has 0 aromatic heterocycles. The first-order chi connectivity index (χ1) is 12.0. The van der Waals surface area contributed by atoms with Gasteiger partial charge in [-0.2, -0.15) is 0 Å². The van der Waals surface area contributed by atoms with Crippen LogP contribution in [0.2, 0.25) is 0 Å². The first-order valence-electron chi connectivity index (χ1n) is 8.18. The van der Waals surface area contributed by atoms with Crippen LogP contribution in [0.25, 0.3) is 0 Å². The van der Waals surface area contributed by atoms with E-state index < -0.39 is 6.10 Å². The predicted octanol–water partition coefficient (Wildman–Crippen LogP) is 2.33. The van der Waals surface area contributed by atoms with Crippen molar-refractivity contribution in [3.8, 4) is 11.5 Å². The number of nitrogens with one attached hydrogen (secondary N) is 1. The standard InChI is InChI=1S/C19H22N2O4/c1-21(2)15-5-3-4-14(10-15)19(23)20-9-8-16(22)13-6-7-17-18(11-13)25-12-24-17/h3-7,10-11,16,22H,8-9,12H2,1-2H3,(H,20,23)/t16-/m1/s1. The molecule has 2 aromatic carbocycles. The van der Waals surface area contributed by atoms with Gasteiger partial charge in [0.15, 0.2) is 11.5 Å². The van der Waals surface area contributed by atoms with E-state index in [0.29, 0.717) is 30.0 Å². The van der Waals surface area contributed by atoms with Crippen molar-refractivity contribution in [2.24, 2.45) is 0 Å². The summed E-state index contributed by atoms with van der Waals surface area (Å²) in [5.74, 6) is 1.17. The minimum Gasteiger partial charge on any atom is -0.454 e. The van der Waals surface area contributed by atoms with Crippen LogP contribution in [0.1, 0.15) is 28.4 Å². The van der Waals surface area contributed by atoms with Gasteiger partial charge in [-0.1, -0.05) is 12.1 Å². The van der Waals surface area contributed by atoms with E-state index in [0.717, 1.165) is 11.3 Å². The molecule has 0 spiro atoms. The number of aliphatic hydroxyl groups excluding tert-OH is 1. The van der Waals surface area contributed by atoms with Crippen LogP contribution in [0.15, 0.2) is 42.5 Å². The molecule has 2 N–H and O–H groups in total. The second kappa shape index (κ2) is 7.44. The summed E-state index contributed by atoms with van der Waals surface area (Å²) in [5, 5.41) is 13.1. The summed E-state index contributed by atoms with van der Waals surface area (Å²) in [6, 6.07) is 12.8. The van der Waals surface area contributed by atoms with Gasteiger partial charge in [0.05, 0.1) is 6.10 Å². The van der Waals surface area contributed by atoms with Gasteiger partial charge in [0.2, 0.25) is 6.79 Å². The lowest BCUT2D eigenvalue weighted by atomic mass is 10.1. The van der Waals surface area contributed by atoms with Crippen LogP contribution < -0.4 is 19.7 Å². The maximum Gasteiger partial charge on any atom is 0.251 e. The molecule has 0 saturated heterocycles. The Morgan fingerprint density at radius 2 is 2.00 bits per heavy atom. The maximum absolute atomic E-state index is 12.2. The quantitative estimate of drug-likeness (QED) is 0.843. The Labute approximate surface area is 147 Å². The molecule has 132 valence electrons. The first-order valence-corrected chi connectivity index (χ1v) is 8.18. The monoisotopic (exact) mass is 342 g/mol. The number of hydrogen-bond acceptors (Lipinski definition) is 5. The molecule has 0 bridgehead atoms. The van der Waals surface area contributed by atoms with Gasteiger partial charge in [0, 0.05) is 31.9 Å². The molecule has 0 saturated carbocycles. The van der Waals surface area contributed by atoms with Crippen molar-refractivity contribution in [2.75, 3.05) is 32.3 Å². The summed E-state index contributed by atoms with van der Waals surface area (Å²) < 4.78 is 10.6. The molecular weight excluding hydrogens is 320 g/mol. The van der Waals surface area contributed by atoms with Crippen LogP contribution in [-0.4, -0.2) is 38.4 Å². The molecule has 25 heavy (non-hydrogen) atoms. The Morgan fingerprint density at radius 1 is 1.20 bits per heavy atom. The smallest absolute Gasteiger partial charge is 0.251 e. The average molecular weight is 342 g/mol. The molecule has 3 rings (SSSR count). The van der Waals surface area contributed by atoms with E-state index in [9.17, 15) is 9.90 Å². The highest BCUT2D eigenvalue weighted by Gasteiger charge is 2.17. The summed E-state index contributed by atoms with van der Waals surface area (Å²) in [4.78, 5) is 14.2. The van der Waals surface area contributed by atoms with E-state index in [1.54, 1.807) is 24.3 Å². The number of ether oxygens (including phenoxy) is 2. The number of benzene rings is 2. The van der Waals surface area contributed by atoms with Gasteiger partial charge in [0.25, 0.3) is 5.91 Å². The third kappa shape index (κ3) is 4.03. The number of anilines is 1. The normalized spacial score (nSPS) is 13.4. The fourth-order valence-corrected chi connectivity index (χ4v) is 2.64. The van der Waals surface area contributed by atoms with Gasteiger partial charge in [0.1, 0.15) is 0 Å².